The first-order valence-corrected chi connectivity index (χ1v) is 22.8. The molecule has 0 saturated carbocycles. The van der Waals surface area contributed by atoms with Gasteiger partial charge in [-0.3, -0.25) is 0 Å². The Hall–Kier alpha value is -6.70. The Morgan fingerprint density at radius 2 is 0.919 bits per heavy atom. The molecule has 0 N–H and O–H groups in total. The highest BCUT2D eigenvalue weighted by Crippen LogP contribution is 2.63. The molecule has 0 aromatic heterocycles. The lowest BCUT2D eigenvalue weighted by Crippen LogP contribution is -2.32. The van der Waals surface area contributed by atoms with Crippen molar-refractivity contribution in [2.75, 3.05) is 0 Å². The SMILES string of the molecule is CCCCc1ccc2c(c1)C1(c3cc(C=C(c4ccccc4)c4ccccc4)ccc3O2)c2cc(CCCC)ccc2-c2ccc(CC(c3ccccc3)c3ccccc3)cc21. The summed E-state index contributed by atoms with van der Waals surface area (Å²) < 4.78 is 7.07. The van der Waals surface area contributed by atoms with Gasteiger partial charge in [0.05, 0.1) is 5.41 Å². The Kier molecular flexibility index (Phi) is 11.0. The van der Waals surface area contributed by atoms with Crippen molar-refractivity contribution in [3.63, 3.8) is 0 Å². The van der Waals surface area contributed by atoms with Crippen LogP contribution < -0.4 is 4.74 Å². The number of rotatable bonds is 13. The number of aryl methyl sites for hydroxylation is 2. The molecule has 0 radical (unpaired) electrons. The lowest BCUT2D eigenvalue weighted by Gasteiger charge is -2.40. The third kappa shape index (κ3) is 7.30. The second kappa shape index (κ2) is 17.3. The van der Waals surface area contributed by atoms with Gasteiger partial charge in [-0.25, -0.2) is 0 Å². The van der Waals surface area contributed by atoms with Crippen LogP contribution in [-0.4, -0.2) is 0 Å². The minimum atomic E-state index is -0.591. The third-order valence-electron chi connectivity index (χ3n) is 13.3. The highest BCUT2D eigenvalue weighted by molar-refractivity contribution is 5.93. The summed E-state index contributed by atoms with van der Waals surface area (Å²) in [5.74, 6) is 2.09. The number of unbranched alkanes of at least 4 members (excludes halogenated alkanes) is 2. The van der Waals surface area contributed by atoms with E-state index in [2.05, 4.69) is 214 Å². The summed E-state index contributed by atoms with van der Waals surface area (Å²) in [6.07, 6.45) is 10.0. The van der Waals surface area contributed by atoms with Crippen LogP contribution in [0.4, 0.5) is 0 Å². The molecule has 0 fully saturated rings. The summed E-state index contributed by atoms with van der Waals surface area (Å²) in [5.41, 5.74) is 18.7. The van der Waals surface area contributed by atoms with E-state index in [0.29, 0.717) is 0 Å². The van der Waals surface area contributed by atoms with E-state index in [1.54, 1.807) is 0 Å². The molecule has 1 heteroatoms. The van der Waals surface area contributed by atoms with E-state index in [4.69, 9.17) is 4.74 Å². The first-order chi connectivity index (χ1) is 30.6. The van der Waals surface area contributed by atoms with Gasteiger partial charge < -0.3 is 4.74 Å². The van der Waals surface area contributed by atoms with Gasteiger partial charge in [-0.15, -0.1) is 0 Å². The molecule has 0 saturated heterocycles. The van der Waals surface area contributed by atoms with Crippen molar-refractivity contribution in [2.24, 2.45) is 0 Å². The van der Waals surface area contributed by atoms with Crippen molar-refractivity contribution in [1.82, 2.24) is 0 Å². The molecule has 8 aromatic carbocycles. The summed E-state index contributed by atoms with van der Waals surface area (Å²) in [4.78, 5) is 0. The molecule has 304 valence electrons. The van der Waals surface area contributed by atoms with E-state index in [-0.39, 0.29) is 5.92 Å². The number of hydrogen-bond donors (Lipinski definition) is 0. The van der Waals surface area contributed by atoms with Gasteiger partial charge in [-0.05, 0) is 129 Å². The Labute approximate surface area is 368 Å². The Balaban J connectivity index is 1.23. The summed E-state index contributed by atoms with van der Waals surface area (Å²) in [7, 11) is 0. The maximum absolute atomic E-state index is 7.07. The summed E-state index contributed by atoms with van der Waals surface area (Å²) in [6.45, 7) is 4.58. The zero-order chi connectivity index (χ0) is 41.9. The van der Waals surface area contributed by atoms with Gasteiger partial charge in [0.25, 0.3) is 0 Å². The van der Waals surface area contributed by atoms with Gasteiger partial charge in [0, 0.05) is 17.0 Å². The smallest absolute Gasteiger partial charge is 0.132 e. The van der Waals surface area contributed by atoms with Gasteiger partial charge in [0.2, 0.25) is 0 Å². The van der Waals surface area contributed by atoms with Crippen LogP contribution >= 0.6 is 0 Å². The van der Waals surface area contributed by atoms with Crippen LogP contribution in [0.3, 0.4) is 0 Å². The van der Waals surface area contributed by atoms with Gasteiger partial charge in [0.1, 0.15) is 11.5 Å². The highest BCUT2D eigenvalue weighted by atomic mass is 16.5. The lowest BCUT2D eigenvalue weighted by atomic mass is 9.65. The minimum Gasteiger partial charge on any atom is -0.457 e. The fourth-order valence-electron chi connectivity index (χ4n) is 10.2. The molecule has 8 aromatic rings. The van der Waals surface area contributed by atoms with E-state index < -0.39 is 5.41 Å². The molecule has 1 nitrogen and oxygen atoms in total. The molecule has 1 heterocycles. The average Bonchev–Trinajstić information content (AvgIpc) is 3.61. The molecule has 62 heavy (non-hydrogen) atoms. The average molecular weight is 803 g/mol. The van der Waals surface area contributed by atoms with Crippen LogP contribution in [-0.2, 0) is 24.7 Å². The van der Waals surface area contributed by atoms with Gasteiger partial charge in [-0.1, -0.05) is 203 Å². The third-order valence-corrected chi connectivity index (χ3v) is 13.3. The number of hydrogen-bond acceptors (Lipinski definition) is 1. The van der Waals surface area contributed by atoms with Crippen molar-refractivity contribution in [2.45, 2.75) is 70.1 Å². The highest BCUT2D eigenvalue weighted by Gasteiger charge is 2.51. The molecular formula is C61H54O. The van der Waals surface area contributed by atoms with E-state index in [1.165, 1.54) is 77.9 Å². The Morgan fingerprint density at radius 1 is 0.468 bits per heavy atom. The van der Waals surface area contributed by atoms with Gasteiger partial charge >= 0.3 is 0 Å². The summed E-state index contributed by atoms with van der Waals surface area (Å²) >= 11 is 0. The van der Waals surface area contributed by atoms with Crippen molar-refractivity contribution < 1.29 is 4.74 Å². The maximum Gasteiger partial charge on any atom is 0.132 e. The normalized spacial score (nSPS) is 14.4. The predicted molar refractivity (Wildman–Crippen MR) is 259 cm³/mol. The van der Waals surface area contributed by atoms with Crippen LogP contribution in [0.15, 0.2) is 194 Å². The van der Waals surface area contributed by atoms with E-state index in [9.17, 15) is 0 Å². The van der Waals surface area contributed by atoms with Crippen molar-refractivity contribution in [3.8, 4) is 22.6 Å². The van der Waals surface area contributed by atoms with Crippen molar-refractivity contribution in [1.29, 1.82) is 0 Å². The van der Waals surface area contributed by atoms with Crippen LogP contribution in [0.5, 0.6) is 11.5 Å². The molecule has 10 rings (SSSR count). The van der Waals surface area contributed by atoms with Crippen LogP contribution in [0.1, 0.15) is 112 Å². The van der Waals surface area contributed by atoms with Crippen molar-refractivity contribution in [3.05, 3.63) is 261 Å². The minimum absolute atomic E-state index is 0.219. The topological polar surface area (TPSA) is 9.23 Å². The van der Waals surface area contributed by atoms with E-state index >= 15 is 0 Å². The fraction of sp³-hybridized carbons (Fsp3) is 0.180. The van der Waals surface area contributed by atoms with E-state index in [1.807, 2.05) is 0 Å². The predicted octanol–water partition coefficient (Wildman–Crippen LogP) is 15.8. The fourth-order valence-corrected chi connectivity index (χ4v) is 10.2. The summed E-state index contributed by atoms with van der Waals surface area (Å²) in [6, 6.07) is 72.4. The van der Waals surface area contributed by atoms with Gasteiger partial charge in [-0.2, -0.15) is 0 Å². The molecular weight excluding hydrogens is 749 g/mol. The molecule has 1 atom stereocenters. The lowest BCUT2D eigenvalue weighted by molar-refractivity contribution is 0.435. The first kappa shape index (κ1) is 39.4. The number of fused-ring (bicyclic) bond motifs is 9. The van der Waals surface area contributed by atoms with E-state index in [0.717, 1.165) is 62.0 Å². The maximum atomic E-state index is 7.07. The second-order valence-electron chi connectivity index (χ2n) is 17.3. The monoisotopic (exact) mass is 802 g/mol. The molecule has 0 bridgehead atoms. The second-order valence-corrected chi connectivity index (χ2v) is 17.3. The first-order valence-electron chi connectivity index (χ1n) is 22.8. The molecule has 1 aliphatic heterocycles. The number of ether oxygens (including phenoxy) is 1. The quantitative estimate of drug-likeness (QED) is 0.106. The van der Waals surface area contributed by atoms with Crippen LogP contribution in [0.2, 0.25) is 0 Å². The molecule has 0 amide bonds. The zero-order valence-corrected chi connectivity index (χ0v) is 36.0. The standard InChI is InChI=1S/C61H54O/c1-3-5-19-43-29-33-51-52-34-30-45(37-53(47-21-11-7-12-22-47)48-23-13-8-14-24-48)41-56(52)61(55(51)39-43)57-40-44(20-6-4-2)31-35-59(57)62-60-36-32-46(42-58(60)61)38-54(49-25-15-9-16-26-49)50-27-17-10-18-28-50/h7-18,21-36,38-42,53H,3-6,19-20,37H2,1-2H3. The molecule has 2 aliphatic rings. The van der Waals surface area contributed by atoms with Crippen molar-refractivity contribution >= 4 is 11.6 Å². The zero-order valence-electron chi connectivity index (χ0n) is 36.0. The Bertz CT molecular complexity index is 2770. The summed E-state index contributed by atoms with van der Waals surface area (Å²) in [5, 5.41) is 0. The molecule has 1 aliphatic carbocycles. The molecule has 1 unspecified atom stereocenters. The Morgan fingerprint density at radius 3 is 1.47 bits per heavy atom. The largest absolute Gasteiger partial charge is 0.457 e. The number of benzene rings is 8. The van der Waals surface area contributed by atoms with Crippen LogP contribution in [0, 0.1) is 0 Å². The molecule has 1 spiro atoms. The van der Waals surface area contributed by atoms with Crippen LogP contribution in [0.25, 0.3) is 22.8 Å². The van der Waals surface area contributed by atoms with Gasteiger partial charge in [0.15, 0.2) is 0 Å².